The van der Waals surface area contributed by atoms with E-state index in [4.69, 9.17) is 10.2 Å². The molecule has 2 aromatic rings. The highest BCUT2D eigenvalue weighted by atomic mass is 79.9. The molecular formula is C14H16BrNO. The van der Waals surface area contributed by atoms with Crippen molar-refractivity contribution in [2.24, 2.45) is 5.73 Å². The molecule has 1 aromatic heterocycles. The number of furan rings is 1. The Morgan fingerprint density at radius 1 is 1.35 bits per heavy atom. The lowest BCUT2D eigenvalue weighted by Gasteiger charge is -2.09. The molecule has 0 aliphatic carbocycles. The molecule has 2 N–H and O–H groups in total. The molecule has 0 saturated heterocycles. The third-order valence-corrected chi connectivity index (χ3v) is 3.46. The number of hydrogen-bond acceptors (Lipinski definition) is 2. The number of rotatable bonds is 4. The van der Waals surface area contributed by atoms with Crippen LogP contribution in [0.25, 0.3) is 0 Å². The Balaban J connectivity index is 1.97. The molecule has 3 heteroatoms. The molecule has 0 aliphatic heterocycles. The highest BCUT2D eigenvalue weighted by Crippen LogP contribution is 2.26. The summed E-state index contributed by atoms with van der Waals surface area (Å²) in [6.45, 7) is 2.10. The Labute approximate surface area is 110 Å². The molecule has 0 radical (unpaired) electrons. The molecule has 1 atom stereocenters. The zero-order valence-electron chi connectivity index (χ0n) is 9.82. The largest absolute Gasteiger partial charge is 0.466 e. The van der Waals surface area contributed by atoms with Gasteiger partial charge in [0.05, 0.1) is 16.8 Å². The van der Waals surface area contributed by atoms with Crippen LogP contribution >= 0.6 is 15.9 Å². The monoisotopic (exact) mass is 293 g/mol. The Hall–Kier alpha value is -1.06. The first-order valence-corrected chi connectivity index (χ1v) is 6.50. The normalized spacial score (nSPS) is 12.6. The van der Waals surface area contributed by atoms with Gasteiger partial charge in [0.15, 0.2) is 0 Å². The summed E-state index contributed by atoms with van der Waals surface area (Å²) in [6, 6.07) is 10.3. The van der Waals surface area contributed by atoms with E-state index in [1.165, 1.54) is 11.1 Å². The van der Waals surface area contributed by atoms with E-state index < -0.39 is 0 Å². The average molecular weight is 294 g/mol. The second kappa shape index (κ2) is 5.52. The Bertz CT molecular complexity index is 492. The van der Waals surface area contributed by atoms with E-state index in [0.29, 0.717) is 0 Å². The van der Waals surface area contributed by atoms with Gasteiger partial charge >= 0.3 is 0 Å². The van der Waals surface area contributed by atoms with E-state index in [9.17, 15) is 0 Å². The van der Waals surface area contributed by atoms with Crippen LogP contribution in [0.2, 0.25) is 0 Å². The molecule has 1 aromatic carbocycles. The Kier molecular flexibility index (Phi) is 4.02. The zero-order valence-corrected chi connectivity index (χ0v) is 11.4. The first kappa shape index (κ1) is 12.4. The van der Waals surface area contributed by atoms with Crippen molar-refractivity contribution < 1.29 is 4.42 Å². The Morgan fingerprint density at radius 2 is 2.18 bits per heavy atom. The second-order valence-corrected chi connectivity index (χ2v) is 5.12. The van der Waals surface area contributed by atoms with Gasteiger partial charge in [0.25, 0.3) is 0 Å². The van der Waals surface area contributed by atoms with Crippen LogP contribution in [0, 0.1) is 6.92 Å². The van der Waals surface area contributed by atoms with Crippen LogP contribution in [0.3, 0.4) is 0 Å². The van der Waals surface area contributed by atoms with Crippen molar-refractivity contribution in [1.29, 1.82) is 0 Å². The fourth-order valence-electron chi connectivity index (χ4n) is 1.89. The standard InChI is InChI=1S/C14H16BrNO/c1-10-3-2-4-11(9-10)5-6-13(16)14-12(15)7-8-17-14/h2-4,7-9,13H,5-6,16H2,1H3. The van der Waals surface area contributed by atoms with Gasteiger partial charge in [0, 0.05) is 0 Å². The second-order valence-electron chi connectivity index (χ2n) is 4.27. The quantitative estimate of drug-likeness (QED) is 0.926. The van der Waals surface area contributed by atoms with Crippen LogP contribution in [0.15, 0.2) is 45.5 Å². The van der Waals surface area contributed by atoms with Crippen LogP contribution in [-0.2, 0) is 6.42 Å². The minimum absolute atomic E-state index is 0.0557. The molecule has 90 valence electrons. The predicted octanol–water partition coefficient (Wildman–Crippen LogP) is 3.98. The van der Waals surface area contributed by atoms with Crippen molar-refractivity contribution in [3.05, 3.63) is 58.0 Å². The molecule has 0 bridgehead atoms. The minimum Gasteiger partial charge on any atom is -0.466 e. The molecule has 0 saturated carbocycles. The summed E-state index contributed by atoms with van der Waals surface area (Å²) >= 11 is 3.43. The molecule has 1 unspecified atom stereocenters. The predicted molar refractivity (Wildman–Crippen MR) is 72.8 cm³/mol. The number of nitrogens with two attached hydrogens (primary N) is 1. The van der Waals surface area contributed by atoms with Gasteiger partial charge in [-0.05, 0) is 47.3 Å². The minimum atomic E-state index is -0.0557. The number of aryl methyl sites for hydroxylation is 2. The summed E-state index contributed by atoms with van der Waals surface area (Å²) < 4.78 is 6.32. The molecule has 17 heavy (non-hydrogen) atoms. The molecule has 0 spiro atoms. The van der Waals surface area contributed by atoms with Crippen LogP contribution < -0.4 is 5.73 Å². The first-order valence-electron chi connectivity index (χ1n) is 5.71. The summed E-state index contributed by atoms with van der Waals surface area (Å²) in [7, 11) is 0. The fourth-order valence-corrected chi connectivity index (χ4v) is 2.39. The van der Waals surface area contributed by atoms with Crippen LogP contribution in [0.1, 0.15) is 29.3 Å². The summed E-state index contributed by atoms with van der Waals surface area (Å²) in [6.07, 6.45) is 3.51. The number of benzene rings is 1. The summed E-state index contributed by atoms with van der Waals surface area (Å²) in [4.78, 5) is 0. The molecule has 2 nitrogen and oxygen atoms in total. The van der Waals surface area contributed by atoms with Crippen molar-refractivity contribution in [2.75, 3.05) is 0 Å². The van der Waals surface area contributed by atoms with Crippen LogP contribution in [-0.4, -0.2) is 0 Å². The topological polar surface area (TPSA) is 39.2 Å². The molecule has 0 amide bonds. The van der Waals surface area contributed by atoms with Crippen molar-refractivity contribution in [1.82, 2.24) is 0 Å². The Morgan fingerprint density at radius 3 is 2.82 bits per heavy atom. The maximum Gasteiger partial charge on any atom is 0.134 e. The molecular weight excluding hydrogens is 278 g/mol. The third kappa shape index (κ3) is 3.20. The van der Waals surface area contributed by atoms with Crippen molar-refractivity contribution in [3.8, 4) is 0 Å². The van der Waals surface area contributed by atoms with Crippen molar-refractivity contribution in [3.63, 3.8) is 0 Å². The first-order chi connectivity index (χ1) is 8.16. The highest BCUT2D eigenvalue weighted by Gasteiger charge is 2.13. The van der Waals surface area contributed by atoms with E-state index in [0.717, 1.165) is 23.1 Å². The fraction of sp³-hybridized carbons (Fsp3) is 0.286. The van der Waals surface area contributed by atoms with Gasteiger partial charge in [-0.15, -0.1) is 0 Å². The van der Waals surface area contributed by atoms with Gasteiger partial charge in [-0.2, -0.15) is 0 Å². The van der Waals surface area contributed by atoms with Gasteiger partial charge < -0.3 is 10.2 Å². The summed E-state index contributed by atoms with van der Waals surface area (Å²) in [5.74, 6) is 0.831. The molecule has 0 fully saturated rings. The smallest absolute Gasteiger partial charge is 0.134 e. The average Bonchev–Trinajstić information content (AvgIpc) is 2.72. The lowest BCUT2D eigenvalue weighted by molar-refractivity contribution is 0.450. The lowest BCUT2D eigenvalue weighted by atomic mass is 10.0. The summed E-state index contributed by atoms with van der Waals surface area (Å²) in [5, 5.41) is 0. The lowest BCUT2D eigenvalue weighted by Crippen LogP contribution is -2.11. The SMILES string of the molecule is Cc1cccc(CCC(N)c2occc2Br)c1. The molecule has 2 rings (SSSR count). The van der Waals surface area contributed by atoms with Crippen LogP contribution in [0.4, 0.5) is 0 Å². The maximum atomic E-state index is 6.10. The number of hydrogen-bond donors (Lipinski definition) is 1. The van der Waals surface area contributed by atoms with Gasteiger partial charge in [-0.3, -0.25) is 0 Å². The molecule has 1 heterocycles. The number of halogens is 1. The van der Waals surface area contributed by atoms with Crippen LogP contribution in [0.5, 0.6) is 0 Å². The van der Waals surface area contributed by atoms with Crippen molar-refractivity contribution in [2.45, 2.75) is 25.8 Å². The van der Waals surface area contributed by atoms with E-state index in [-0.39, 0.29) is 6.04 Å². The van der Waals surface area contributed by atoms with E-state index in [1.807, 2.05) is 6.07 Å². The maximum absolute atomic E-state index is 6.10. The highest BCUT2D eigenvalue weighted by molar-refractivity contribution is 9.10. The third-order valence-electron chi connectivity index (χ3n) is 2.81. The van der Waals surface area contributed by atoms with Crippen molar-refractivity contribution >= 4 is 15.9 Å². The zero-order chi connectivity index (χ0) is 12.3. The van der Waals surface area contributed by atoms with E-state index >= 15 is 0 Å². The van der Waals surface area contributed by atoms with Gasteiger partial charge in [0.2, 0.25) is 0 Å². The van der Waals surface area contributed by atoms with Gasteiger partial charge in [0.1, 0.15) is 5.76 Å². The van der Waals surface area contributed by atoms with E-state index in [1.54, 1.807) is 6.26 Å². The summed E-state index contributed by atoms with van der Waals surface area (Å²) in [5.41, 5.74) is 8.71. The van der Waals surface area contributed by atoms with Gasteiger partial charge in [-0.1, -0.05) is 29.8 Å². The van der Waals surface area contributed by atoms with E-state index in [2.05, 4.69) is 47.1 Å². The molecule has 0 aliphatic rings. The van der Waals surface area contributed by atoms with Gasteiger partial charge in [-0.25, -0.2) is 0 Å².